The molecule has 0 radical (unpaired) electrons. The van der Waals surface area contributed by atoms with Crippen molar-refractivity contribution in [3.8, 4) is 0 Å². The van der Waals surface area contributed by atoms with E-state index in [0.29, 0.717) is 37.4 Å². The van der Waals surface area contributed by atoms with Gasteiger partial charge >= 0.3 is 6.09 Å². The molecule has 43 heavy (non-hydrogen) atoms. The van der Waals surface area contributed by atoms with Crippen molar-refractivity contribution < 1.29 is 28.3 Å². The minimum Gasteiger partial charge on any atom is -0.446 e. The van der Waals surface area contributed by atoms with Crippen molar-refractivity contribution in [3.63, 3.8) is 0 Å². The fourth-order valence-corrected chi connectivity index (χ4v) is 4.92. The lowest BCUT2D eigenvalue weighted by atomic mass is 10.0. The van der Waals surface area contributed by atoms with Gasteiger partial charge in [-0.05, 0) is 12.0 Å². The second-order valence-electron chi connectivity index (χ2n) is 13.1. The van der Waals surface area contributed by atoms with E-state index in [0.717, 1.165) is 16.9 Å². The van der Waals surface area contributed by atoms with Crippen molar-refractivity contribution in [2.45, 2.75) is 129 Å². The van der Waals surface area contributed by atoms with Gasteiger partial charge in [-0.3, -0.25) is 4.79 Å². The summed E-state index contributed by atoms with van der Waals surface area (Å²) in [7, 11) is 6.06. The molecule has 1 rings (SSSR count). The number of carbonyl (C=O) groups excluding carboxylic acids is 2. The molecule has 0 bridgehead atoms. The fourth-order valence-electron chi connectivity index (χ4n) is 4.92. The van der Waals surface area contributed by atoms with Crippen LogP contribution in [0.4, 0.5) is 4.79 Å². The van der Waals surface area contributed by atoms with Crippen LogP contribution < -0.4 is 0 Å². The van der Waals surface area contributed by atoms with Crippen LogP contribution in [-0.4, -0.2) is 81.5 Å². The Labute approximate surface area is 264 Å². The Bertz CT molecular complexity index is 812. The van der Waals surface area contributed by atoms with Gasteiger partial charge in [0.25, 0.3) is 0 Å². The molecule has 1 unspecified atom stereocenters. The highest BCUT2D eigenvalue weighted by Crippen LogP contribution is 2.14. The molecule has 7 heteroatoms. The van der Waals surface area contributed by atoms with E-state index >= 15 is 0 Å². The number of benzene rings is 1. The van der Waals surface area contributed by atoms with E-state index in [2.05, 4.69) is 6.92 Å². The Balaban J connectivity index is 2.23. The van der Waals surface area contributed by atoms with Crippen LogP contribution in [0.5, 0.6) is 0 Å². The summed E-state index contributed by atoms with van der Waals surface area (Å²) < 4.78 is 18.2. The lowest BCUT2D eigenvalue weighted by molar-refractivity contribution is -0.869. The van der Waals surface area contributed by atoms with Gasteiger partial charge in [0.15, 0.2) is 0 Å². The van der Waals surface area contributed by atoms with Gasteiger partial charge in [-0.2, -0.15) is 0 Å². The van der Waals surface area contributed by atoms with Gasteiger partial charge in [0.05, 0.1) is 47.4 Å². The topological polar surface area (TPSA) is 65.1 Å². The largest absolute Gasteiger partial charge is 0.446 e. The number of amides is 2. The number of ether oxygens (including phenoxy) is 3. The first-order valence-electron chi connectivity index (χ1n) is 17.2. The number of hydrogen-bond donors (Lipinski definition) is 0. The lowest BCUT2D eigenvalue weighted by Crippen LogP contribution is -2.46. The molecule has 0 aliphatic carbocycles. The number of rotatable bonds is 27. The number of carbonyl (C=O) groups is 2. The van der Waals surface area contributed by atoms with E-state index in [1.54, 1.807) is 0 Å². The van der Waals surface area contributed by atoms with Gasteiger partial charge < -0.3 is 18.7 Å². The number of unbranched alkanes of at least 4 members (excludes halogenated alkanes) is 15. The zero-order valence-corrected chi connectivity index (χ0v) is 28.5. The van der Waals surface area contributed by atoms with Crippen molar-refractivity contribution in [2.24, 2.45) is 0 Å². The SMILES string of the molecule is CCCCCCCCCCCCCCCCCCOCC(COC(=O)N(CC[N+](C)(C)C)C(C)=O)OCc1ccccc1. The molecule has 7 nitrogen and oxygen atoms in total. The molecule has 0 spiro atoms. The van der Waals surface area contributed by atoms with E-state index in [1.165, 1.54) is 103 Å². The monoisotopic (exact) mass is 605 g/mol. The van der Waals surface area contributed by atoms with E-state index in [1.807, 2.05) is 51.5 Å². The summed E-state index contributed by atoms with van der Waals surface area (Å²) in [5, 5.41) is 0. The van der Waals surface area contributed by atoms with Crippen molar-refractivity contribution in [1.29, 1.82) is 0 Å². The van der Waals surface area contributed by atoms with Gasteiger partial charge in [0, 0.05) is 13.5 Å². The number of quaternary nitrogens is 1. The Kier molecular flexibility index (Phi) is 23.1. The lowest BCUT2D eigenvalue weighted by Gasteiger charge is -2.27. The highest BCUT2D eigenvalue weighted by molar-refractivity contribution is 5.90. The van der Waals surface area contributed by atoms with E-state index in [-0.39, 0.29) is 12.5 Å². The molecule has 0 aliphatic rings. The Morgan fingerprint density at radius 2 is 1.26 bits per heavy atom. The standard InChI is InChI=1S/C36H65N2O5/c1-6-7-8-9-10-11-12-13-14-15-16-17-18-19-20-24-29-41-31-35(42-30-34-25-22-21-23-26-34)32-43-36(40)37(33(2)39)27-28-38(3,4)5/h21-23,25-26,35H,6-20,24,27-32H2,1-5H3/q+1. The van der Waals surface area contributed by atoms with E-state index in [9.17, 15) is 9.59 Å². The zero-order chi connectivity index (χ0) is 31.6. The fraction of sp³-hybridized carbons (Fsp3) is 0.778. The molecule has 1 atom stereocenters. The van der Waals surface area contributed by atoms with Crippen molar-refractivity contribution in [2.75, 3.05) is 54.1 Å². The first-order chi connectivity index (χ1) is 20.7. The maximum atomic E-state index is 12.7. The molecule has 0 aromatic heterocycles. The molecule has 1 aromatic rings. The van der Waals surface area contributed by atoms with Crippen molar-refractivity contribution in [3.05, 3.63) is 35.9 Å². The number of imide groups is 1. The maximum absolute atomic E-state index is 12.7. The molecule has 0 saturated heterocycles. The summed E-state index contributed by atoms with van der Waals surface area (Å²) in [6, 6.07) is 9.92. The van der Waals surface area contributed by atoms with Gasteiger partial charge in [0.2, 0.25) is 5.91 Å². The highest BCUT2D eigenvalue weighted by Gasteiger charge is 2.24. The molecule has 0 aliphatic heterocycles. The van der Waals surface area contributed by atoms with Crippen LogP contribution >= 0.6 is 0 Å². The normalized spacial score (nSPS) is 12.3. The third-order valence-corrected chi connectivity index (χ3v) is 7.76. The van der Waals surface area contributed by atoms with Crippen LogP contribution in [0, 0.1) is 0 Å². The van der Waals surface area contributed by atoms with Crippen LogP contribution in [0.3, 0.4) is 0 Å². The smallest absolute Gasteiger partial charge is 0.416 e. The van der Waals surface area contributed by atoms with E-state index in [4.69, 9.17) is 14.2 Å². The van der Waals surface area contributed by atoms with Gasteiger partial charge in [0.1, 0.15) is 12.7 Å². The molecule has 0 N–H and O–H groups in total. The Morgan fingerprint density at radius 3 is 1.74 bits per heavy atom. The zero-order valence-electron chi connectivity index (χ0n) is 28.5. The molecular formula is C36H65N2O5+. The maximum Gasteiger partial charge on any atom is 0.416 e. The summed E-state index contributed by atoms with van der Waals surface area (Å²) in [4.78, 5) is 25.9. The van der Waals surface area contributed by atoms with Crippen LogP contribution in [0.25, 0.3) is 0 Å². The summed E-state index contributed by atoms with van der Waals surface area (Å²) in [6.07, 6.45) is 20.4. The summed E-state index contributed by atoms with van der Waals surface area (Å²) in [5.41, 5.74) is 1.05. The highest BCUT2D eigenvalue weighted by atomic mass is 16.6. The van der Waals surface area contributed by atoms with Gasteiger partial charge in [-0.15, -0.1) is 0 Å². The Hall–Kier alpha value is -1.96. The molecule has 0 heterocycles. The molecule has 248 valence electrons. The van der Waals surface area contributed by atoms with Crippen LogP contribution in [0.1, 0.15) is 122 Å². The minimum absolute atomic E-state index is 0.0405. The van der Waals surface area contributed by atoms with Crippen LogP contribution in [0.2, 0.25) is 0 Å². The third kappa shape index (κ3) is 23.1. The predicted molar refractivity (Wildman–Crippen MR) is 177 cm³/mol. The third-order valence-electron chi connectivity index (χ3n) is 7.76. The molecular weight excluding hydrogens is 540 g/mol. The van der Waals surface area contributed by atoms with Crippen LogP contribution in [-0.2, 0) is 25.6 Å². The number of nitrogens with zero attached hydrogens (tertiary/aromatic N) is 2. The second-order valence-corrected chi connectivity index (χ2v) is 13.1. The predicted octanol–water partition coefficient (Wildman–Crippen LogP) is 8.54. The average molecular weight is 606 g/mol. The van der Waals surface area contributed by atoms with Crippen molar-refractivity contribution in [1.82, 2.24) is 4.90 Å². The summed E-state index contributed by atoms with van der Waals surface area (Å²) in [5.74, 6) is -0.319. The first kappa shape index (κ1) is 39.1. The van der Waals surface area contributed by atoms with E-state index < -0.39 is 12.2 Å². The van der Waals surface area contributed by atoms with Gasteiger partial charge in [-0.1, -0.05) is 134 Å². The quantitative estimate of drug-likeness (QED) is 0.0743. The Morgan fingerprint density at radius 1 is 0.744 bits per heavy atom. The number of hydrogen-bond acceptors (Lipinski definition) is 5. The molecule has 0 fully saturated rings. The van der Waals surface area contributed by atoms with Crippen molar-refractivity contribution >= 4 is 12.0 Å². The number of likely N-dealkylation sites (N-methyl/N-ethyl adjacent to an activating group) is 1. The molecule has 2 amide bonds. The molecule has 1 aromatic carbocycles. The average Bonchev–Trinajstić information content (AvgIpc) is 2.97. The first-order valence-corrected chi connectivity index (χ1v) is 17.2. The summed E-state index contributed by atoms with van der Waals surface area (Å²) in [6.45, 7) is 6.08. The second kappa shape index (κ2) is 25.4. The molecule has 0 saturated carbocycles. The minimum atomic E-state index is -0.632. The van der Waals surface area contributed by atoms with Crippen LogP contribution in [0.15, 0.2) is 30.3 Å². The van der Waals surface area contributed by atoms with Gasteiger partial charge in [-0.25, -0.2) is 9.69 Å². The summed E-state index contributed by atoms with van der Waals surface area (Å²) >= 11 is 0.